The topological polar surface area (TPSA) is 87.1 Å². The maximum absolute atomic E-state index is 6.19. The summed E-state index contributed by atoms with van der Waals surface area (Å²) in [6, 6.07) is 3.65. The van der Waals surface area contributed by atoms with Crippen molar-refractivity contribution in [1.82, 2.24) is 15.0 Å². The Hall–Kier alpha value is -2.47. The highest BCUT2D eigenvalue weighted by Gasteiger charge is 2.15. The van der Waals surface area contributed by atoms with Gasteiger partial charge >= 0.3 is 0 Å². The number of nitrogens with two attached hydrogens (primary N) is 1. The molecule has 0 aliphatic carbocycles. The van der Waals surface area contributed by atoms with Gasteiger partial charge in [0.05, 0.1) is 30.4 Å². The molecule has 3 rings (SSSR count). The first-order chi connectivity index (χ1) is 11.1. The first kappa shape index (κ1) is 15.4. The molecule has 0 amide bonds. The highest BCUT2D eigenvalue weighted by molar-refractivity contribution is 5.86. The van der Waals surface area contributed by atoms with Crippen LogP contribution in [0, 0.1) is 5.92 Å². The van der Waals surface area contributed by atoms with Crippen molar-refractivity contribution in [2.24, 2.45) is 11.7 Å². The van der Waals surface area contributed by atoms with Gasteiger partial charge < -0.3 is 14.9 Å². The summed E-state index contributed by atoms with van der Waals surface area (Å²) >= 11 is 0. The molecule has 0 saturated carbocycles. The molecule has 0 bridgehead atoms. The zero-order chi connectivity index (χ0) is 16.4. The van der Waals surface area contributed by atoms with Gasteiger partial charge in [-0.2, -0.15) is 0 Å². The quantitative estimate of drug-likeness (QED) is 0.777. The third kappa shape index (κ3) is 3.17. The van der Waals surface area contributed by atoms with Crippen molar-refractivity contribution in [3.63, 3.8) is 0 Å². The van der Waals surface area contributed by atoms with Gasteiger partial charge in [-0.25, -0.2) is 15.0 Å². The number of hydrogen-bond donors (Lipinski definition) is 1. The fourth-order valence-electron chi connectivity index (χ4n) is 2.58. The van der Waals surface area contributed by atoms with Crippen molar-refractivity contribution in [3.05, 3.63) is 36.7 Å². The second-order valence-electron chi connectivity index (χ2n) is 5.94. The average molecular weight is 312 g/mol. The number of rotatable bonds is 5. The van der Waals surface area contributed by atoms with Crippen LogP contribution in [0.2, 0.25) is 0 Å². The lowest BCUT2D eigenvalue weighted by Crippen LogP contribution is -2.16. The van der Waals surface area contributed by atoms with Crippen LogP contribution in [0.1, 0.15) is 32.1 Å². The van der Waals surface area contributed by atoms with Crippen LogP contribution in [0.25, 0.3) is 22.2 Å². The Kier molecular flexibility index (Phi) is 4.25. The summed E-state index contributed by atoms with van der Waals surface area (Å²) in [5.41, 5.74) is 7.81. The fraction of sp³-hybridized carbons (Fsp3) is 0.353. The third-order valence-corrected chi connectivity index (χ3v) is 3.67. The number of benzene rings is 1. The van der Waals surface area contributed by atoms with E-state index in [1.165, 1.54) is 6.39 Å². The van der Waals surface area contributed by atoms with Crippen LogP contribution in [0.5, 0.6) is 5.75 Å². The Bertz CT molecular complexity index is 800. The minimum atomic E-state index is -0.167. The molecule has 120 valence electrons. The van der Waals surface area contributed by atoms with Crippen molar-refractivity contribution in [1.29, 1.82) is 0 Å². The molecule has 0 fully saturated rings. The molecule has 3 aromatic rings. The summed E-state index contributed by atoms with van der Waals surface area (Å²) in [6.45, 7) is 4.27. The maximum atomic E-state index is 6.19. The van der Waals surface area contributed by atoms with Crippen LogP contribution >= 0.6 is 0 Å². The van der Waals surface area contributed by atoms with Crippen LogP contribution in [0.4, 0.5) is 0 Å². The number of ether oxygens (including phenoxy) is 1. The van der Waals surface area contributed by atoms with Crippen molar-refractivity contribution in [3.8, 4) is 17.1 Å². The molecular weight excluding hydrogens is 292 g/mol. The van der Waals surface area contributed by atoms with Crippen molar-refractivity contribution >= 4 is 10.9 Å². The van der Waals surface area contributed by atoms with Gasteiger partial charge in [0.2, 0.25) is 0 Å². The van der Waals surface area contributed by atoms with E-state index in [1.54, 1.807) is 19.5 Å². The summed E-state index contributed by atoms with van der Waals surface area (Å²) in [6.07, 6.45) is 5.68. The van der Waals surface area contributed by atoms with Gasteiger partial charge in [0.1, 0.15) is 11.6 Å². The number of methoxy groups -OCH3 is 1. The zero-order valence-corrected chi connectivity index (χ0v) is 13.5. The Morgan fingerprint density at radius 3 is 2.74 bits per heavy atom. The van der Waals surface area contributed by atoms with E-state index < -0.39 is 0 Å². The molecule has 0 aliphatic heterocycles. The summed E-state index contributed by atoms with van der Waals surface area (Å²) < 4.78 is 10.8. The van der Waals surface area contributed by atoms with E-state index in [9.17, 15) is 0 Å². The zero-order valence-electron chi connectivity index (χ0n) is 13.5. The van der Waals surface area contributed by atoms with Crippen LogP contribution in [0.3, 0.4) is 0 Å². The normalized spacial score (nSPS) is 12.7. The monoisotopic (exact) mass is 312 g/mol. The average Bonchev–Trinajstić information content (AvgIpc) is 3.06. The van der Waals surface area contributed by atoms with Gasteiger partial charge in [0.15, 0.2) is 12.2 Å². The van der Waals surface area contributed by atoms with Crippen LogP contribution in [0.15, 0.2) is 35.3 Å². The van der Waals surface area contributed by atoms with E-state index in [-0.39, 0.29) is 6.04 Å². The standard InChI is InChI=1S/C17H20N4O2/c1-10(2)4-13(18)17-20-7-11-5-12(16-8-19-9-23-16)15(22-3)6-14(11)21-17/h5-10,13H,4,18H2,1-3H3. The lowest BCUT2D eigenvalue weighted by Gasteiger charge is -2.14. The van der Waals surface area contributed by atoms with E-state index in [1.807, 2.05) is 12.1 Å². The van der Waals surface area contributed by atoms with E-state index in [4.69, 9.17) is 14.9 Å². The summed E-state index contributed by atoms with van der Waals surface area (Å²) in [4.78, 5) is 13.0. The number of aromatic nitrogens is 3. The Balaban J connectivity index is 2.05. The molecule has 2 N–H and O–H groups in total. The first-order valence-corrected chi connectivity index (χ1v) is 7.57. The lowest BCUT2D eigenvalue weighted by atomic mass is 10.0. The Morgan fingerprint density at radius 1 is 1.26 bits per heavy atom. The molecule has 1 atom stereocenters. The van der Waals surface area contributed by atoms with Gasteiger partial charge in [0.25, 0.3) is 0 Å². The largest absolute Gasteiger partial charge is 0.496 e. The predicted octanol–water partition coefficient (Wildman–Crippen LogP) is 3.34. The second-order valence-corrected chi connectivity index (χ2v) is 5.94. The third-order valence-electron chi connectivity index (χ3n) is 3.67. The van der Waals surface area contributed by atoms with E-state index in [0.29, 0.717) is 23.3 Å². The van der Waals surface area contributed by atoms with Crippen LogP contribution in [-0.2, 0) is 0 Å². The van der Waals surface area contributed by atoms with Gasteiger partial charge in [-0.1, -0.05) is 13.8 Å². The second kappa shape index (κ2) is 6.34. The summed E-state index contributed by atoms with van der Waals surface area (Å²) in [7, 11) is 1.62. The van der Waals surface area contributed by atoms with Gasteiger partial charge in [-0.15, -0.1) is 0 Å². The minimum Gasteiger partial charge on any atom is -0.496 e. The van der Waals surface area contributed by atoms with Crippen LogP contribution < -0.4 is 10.5 Å². The minimum absolute atomic E-state index is 0.167. The van der Waals surface area contributed by atoms with Gasteiger partial charge in [-0.05, 0) is 18.4 Å². The number of oxazole rings is 1. The van der Waals surface area contributed by atoms with Crippen LogP contribution in [-0.4, -0.2) is 22.1 Å². The Morgan fingerprint density at radius 2 is 2.09 bits per heavy atom. The lowest BCUT2D eigenvalue weighted by molar-refractivity contribution is 0.415. The van der Waals surface area contributed by atoms with E-state index in [2.05, 4.69) is 28.8 Å². The number of nitrogens with zero attached hydrogens (tertiary/aromatic N) is 3. The van der Waals surface area contributed by atoms with Gasteiger partial charge in [-0.3, -0.25) is 0 Å². The molecule has 1 unspecified atom stereocenters. The fourth-order valence-corrected chi connectivity index (χ4v) is 2.58. The molecule has 6 heteroatoms. The smallest absolute Gasteiger partial charge is 0.181 e. The molecular formula is C17H20N4O2. The highest BCUT2D eigenvalue weighted by atomic mass is 16.5. The van der Waals surface area contributed by atoms with E-state index >= 15 is 0 Å². The van der Waals surface area contributed by atoms with E-state index in [0.717, 1.165) is 22.9 Å². The summed E-state index contributed by atoms with van der Waals surface area (Å²) in [5, 5.41) is 0.901. The predicted molar refractivity (Wildman–Crippen MR) is 88.0 cm³/mol. The molecule has 23 heavy (non-hydrogen) atoms. The molecule has 0 spiro atoms. The van der Waals surface area contributed by atoms with Gasteiger partial charge in [0, 0.05) is 17.6 Å². The SMILES string of the molecule is COc1cc2nc(C(N)CC(C)C)ncc2cc1-c1cnco1. The summed E-state index contributed by atoms with van der Waals surface area (Å²) in [5.74, 6) is 2.47. The molecule has 0 radical (unpaired) electrons. The molecule has 6 nitrogen and oxygen atoms in total. The molecule has 2 heterocycles. The molecule has 2 aromatic heterocycles. The van der Waals surface area contributed by atoms with Crippen molar-refractivity contribution in [2.75, 3.05) is 7.11 Å². The first-order valence-electron chi connectivity index (χ1n) is 7.57. The van der Waals surface area contributed by atoms with Crippen molar-refractivity contribution in [2.45, 2.75) is 26.3 Å². The molecule has 0 aliphatic rings. The maximum Gasteiger partial charge on any atom is 0.181 e. The molecule has 1 aromatic carbocycles. The Labute approximate surface area is 134 Å². The number of hydrogen-bond acceptors (Lipinski definition) is 6. The highest BCUT2D eigenvalue weighted by Crippen LogP contribution is 2.33. The molecule has 0 saturated heterocycles. The number of fused-ring (bicyclic) bond motifs is 1. The van der Waals surface area contributed by atoms with Crippen molar-refractivity contribution < 1.29 is 9.15 Å².